The number of rotatable bonds is 4. The molecule has 2 aliphatic heterocycles. The summed E-state index contributed by atoms with van der Waals surface area (Å²) >= 11 is 0. The summed E-state index contributed by atoms with van der Waals surface area (Å²) in [5.41, 5.74) is -0.171. The van der Waals surface area contributed by atoms with E-state index in [2.05, 4.69) is 0 Å². The van der Waals surface area contributed by atoms with Crippen molar-refractivity contribution < 1.29 is 19.4 Å². The van der Waals surface area contributed by atoms with Crippen molar-refractivity contribution in [3.05, 3.63) is 71.8 Å². The van der Waals surface area contributed by atoms with E-state index in [1.807, 2.05) is 60.7 Å². The Balaban J connectivity index is 1.76. The Bertz CT molecular complexity index is 730. The molecule has 130 valence electrons. The summed E-state index contributed by atoms with van der Waals surface area (Å²) < 4.78 is 11.3. The van der Waals surface area contributed by atoms with Gasteiger partial charge < -0.3 is 14.6 Å². The van der Waals surface area contributed by atoms with Gasteiger partial charge in [-0.15, -0.1) is 0 Å². The molecule has 2 aromatic carbocycles. The van der Waals surface area contributed by atoms with Crippen LogP contribution in [0.1, 0.15) is 30.1 Å². The van der Waals surface area contributed by atoms with Crippen molar-refractivity contribution in [2.24, 2.45) is 0 Å². The molecule has 0 radical (unpaired) electrons. The molecule has 2 aromatic rings. The normalized spacial score (nSPS) is 29.0. The van der Waals surface area contributed by atoms with Gasteiger partial charge in [-0.2, -0.15) is 0 Å². The Morgan fingerprint density at radius 2 is 1.76 bits per heavy atom. The van der Waals surface area contributed by atoms with Crippen molar-refractivity contribution in [2.75, 3.05) is 13.2 Å². The van der Waals surface area contributed by atoms with Crippen LogP contribution < -0.4 is 0 Å². The third-order valence-corrected chi connectivity index (χ3v) is 4.93. The lowest BCUT2D eigenvalue weighted by Crippen LogP contribution is -2.48. The summed E-state index contributed by atoms with van der Waals surface area (Å²) in [7, 11) is 0. The van der Waals surface area contributed by atoms with E-state index in [0.29, 0.717) is 18.7 Å². The van der Waals surface area contributed by atoms with Crippen LogP contribution in [0.15, 0.2) is 60.7 Å². The first-order valence-corrected chi connectivity index (χ1v) is 8.62. The van der Waals surface area contributed by atoms with Crippen LogP contribution in [0.4, 0.5) is 4.79 Å². The number of benzene rings is 2. The van der Waals surface area contributed by atoms with Crippen LogP contribution in [0, 0.1) is 0 Å². The van der Waals surface area contributed by atoms with Crippen molar-refractivity contribution in [3.63, 3.8) is 0 Å². The van der Waals surface area contributed by atoms with Crippen molar-refractivity contribution in [1.82, 2.24) is 4.90 Å². The highest BCUT2D eigenvalue weighted by Crippen LogP contribution is 2.46. The highest BCUT2D eigenvalue weighted by molar-refractivity contribution is 5.72. The minimum atomic E-state index is -1.56. The van der Waals surface area contributed by atoms with E-state index >= 15 is 0 Å². The molecule has 5 nitrogen and oxygen atoms in total. The topological polar surface area (TPSA) is 59.0 Å². The fourth-order valence-electron chi connectivity index (χ4n) is 3.65. The lowest BCUT2D eigenvalue weighted by Gasteiger charge is -2.35. The lowest BCUT2D eigenvalue weighted by molar-refractivity contribution is -0.118. The number of hydrogen-bond donors (Lipinski definition) is 1. The van der Waals surface area contributed by atoms with Crippen molar-refractivity contribution in [1.29, 1.82) is 0 Å². The molecule has 0 saturated carbocycles. The molecule has 2 saturated heterocycles. The van der Waals surface area contributed by atoms with Gasteiger partial charge in [0.1, 0.15) is 0 Å². The molecule has 4 rings (SSSR count). The number of nitrogens with zero attached hydrogens (tertiary/aromatic N) is 1. The third-order valence-electron chi connectivity index (χ3n) is 4.93. The smallest absolute Gasteiger partial charge is 0.413 e. The fraction of sp³-hybridized carbons (Fsp3) is 0.350. The van der Waals surface area contributed by atoms with Gasteiger partial charge in [-0.25, -0.2) is 4.79 Å². The lowest BCUT2D eigenvalue weighted by atomic mass is 9.91. The molecule has 0 aliphatic carbocycles. The molecule has 3 unspecified atom stereocenters. The molecule has 2 aliphatic rings. The number of carbonyl (C=O) groups excluding carboxylic acids is 1. The van der Waals surface area contributed by atoms with Gasteiger partial charge in [-0.3, -0.25) is 4.90 Å². The first-order valence-electron chi connectivity index (χ1n) is 8.62. The fourth-order valence-corrected chi connectivity index (χ4v) is 3.65. The highest BCUT2D eigenvalue weighted by atomic mass is 16.6. The molecule has 5 heteroatoms. The van der Waals surface area contributed by atoms with Crippen LogP contribution in [-0.2, 0) is 15.2 Å². The number of hydrogen-bond acceptors (Lipinski definition) is 4. The molecule has 3 atom stereocenters. The maximum Gasteiger partial charge on any atom is 0.413 e. The third kappa shape index (κ3) is 2.79. The second-order valence-electron chi connectivity index (χ2n) is 6.51. The summed E-state index contributed by atoms with van der Waals surface area (Å²) in [5, 5.41) is 11.7. The van der Waals surface area contributed by atoms with Crippen molar-refractivity contribution in [3.8, 4) is 0 Å². The number of carbonyl (C=O) groups is 1. The number of cyclic esters (lactones) is 1. The Hall–Kier alpha value is -2.37. The minimum Gasteiger partial charge on any atom is -0.436 e. The van der Waals surface area contributed by atoms with Gasteiger partial charge in [0.15, 0.2) is 6.10 Å². The molecule has 1 amide bonds. The molecule has 2 fully saturated rings. The quantitative estimate of drug-likeness (QED) is 0.929. The van der Waals surface area contributed by atoms with Crippen LogP contribution in [0.2, 0.25) is 0 Å². The second kappa shape index (κ2) is 6.50. The first-order chi connectivity index (χ1) is 12.2. The monoisotopic (exact) mass is 339 g/mol. The van der Waals surface area contributed by atoms with Crippen molar-refractivity contribution >= 4 is 6.09 Å². The summed E-state index contributed by atoms with van der Waals surface area (Å²) in [5.74, 6) is 0. The van der Waals surface area contributed by atoms with Gasteiger partial charge in [0, 0.05) is 12.2 Å². The Morgan fingerprint density at radius 1 is 1.08 bits per heavy atom. The van der Waals surface area contributed by atoms with E-state index < -0.39 is 17.9 Å². The summed E-state index contributed by atoms with van der Waals surface area (Å²) in [4.78, 5) is 14.0. The van der Waals surface area contributed by atoms with E-state index in [0.717, 1.165) is 18.4 Å². The molecule has 0 spiro atoms. The Kier molecular flexibility index (Phi) is 4.19. The molecular formula is C20H21NO4. The van der Waals surface area contributed by atoms with Gasteiger partial charge in [0.25, 0.3) is 0 Å². The number of ether oxygens (including phenoxy) is 2. The highest BCUT2D eigenvalue weighted by Gasteiger charge is 2.56. The van der Waals surface area contributed by atoms with E-state index in [1.165, 1.54) is 4.90 Å². The maximum atomic E-state index is 12.6. The molecular weight excluding hydrogens is 318 g/mol. The zero-order valence-electron chi connectivity index (χ0n) is 13.9. The predicted octanol–water partition coefficient (Wildman–Crippen LogP) is 3.20. The SMILES string of the molecule is O=C1OC(c2ccccc2)C(O)(c2ccccc2)N1CC1CCCO1. The van der Waals surface area contributed by atoms with E-state index in [9.17, 15) is 9.90 Å². The van der Waals surface area contributed by atoms with Gasteiger partial charge in [0.05, 0.1) is 12.6 Å². The summed E-state index contributed by atoms with van der Waals surface area (Å²) in [6.45, 7) is 1.01. The number of aliphatic hydroxyl groups is 1. The molecule has 25 heavy (non-hydrogen) atoms. The molecule has 2 heterocycles. The van der Waals surface area contributed by atoms with Gasteiger partial charge in [-0.1, -0.05) is 60.7 Å². The average molecular weight is 339 g/mol. The van der Waals surface area contributed by atoms with Crippen LogP contribution in [0.3, 0.4) is 0 Å². The molecule has 0 bridgehead atoms. The number of amides is 1. The Labute approximate surface area is 146 Å². The van der Waals surface area contributed by atoms with E-state index in [1.54, 1.807) is 0 Å². The van der Waals surface area contributed by atoms with Crippen LogP contribution >= 0.6 is 0 Å². The van der Waals surface area contributed by atoms with Crippen molar-refractivity contribution in [2.45, 2.75) is 30.8 Å². The van der Waals surface area contributed by atoms with Crippen LogP contribution in [-0.4, -0.2) is 35.4 Å². The Morgan fingerprint density at radius 3 is 2.40 bits per heavy atom. The van der Waals surface area contributed by atoms with E-state index in [4.69, 9.17) is 9.47 Å². The largest absolute Gasteiger partial charge is 0.436 e. The van der Waals surface area contributed by atoms with E-state index in [-0.39, 0.29) is 6.10 Å². The van der Waals surface area contributed by atoms with Gasteiger partial charge >= 0.3 is 6.09 Å². The zero-order valence-corrected chi connectivity index (χ0v) is 13.9. The summed E-state index contributed by atoms with van der Waals surface area (Å²) in [6.07, 6.45) is 0.474. The van der Waals surface area contributed by atoms with Gasteiger partial charge in [0.2, 0.25) is 5.72 Å². The van der Waals surface area contributed by atoms with Gasteiger partial charge in [-0.05, 0) is 18.4 Å². The molecule has 0 aromatic heterocycles. The summed E-state index contributed by atoms with van der Waals surface area (Å²) in [6, 6.07) is 18.6. The maximum absolute atomic E-state index is 12.6. The average Bonchev–Trinajstić information content (AvgIpc) is 3.26. The zero-order chi connectivity index (χ0) is 17.3. The minimum absolute atomic E-state index is 0.0719. The second-order valence-corrected chi connectivity index (χ2v) is 6.51. The molecule has 1 N–H and O–H groups in total. The first kappa shape index (κ1) is 16.1. The van der Waals surface area contributed by atoms with Crippen LogP contribution in [0.25, 0.3) is 0 Å². The predicted molar refractivity (Wildman–Crippen MR) is 91.7 cm³/mol. The standard InChI is InChI=1S/C20H21NO4/c22-19-21(14-17-12-7-13-24-17)20(23,16-10-5-2-6-11-16)18(25-19)15-8-3-1-4-9-15/h1-6,8-11,17-18,23H,7,12-14H2. The van der Waals surface area contributed by atoms with Crippen LogP contribution in [0.5, 0.6) is 0 Å².